The lowest BCUT2D eigenvalue weighted by Crippen LogP contribution is -2.16. The van der Waals surface area contributed by atoms with Gasteiger partial charge in [-0.1, -0.05) is 17.4 Å². The maximum atomic E-state index is 13.2. The second-order valence-electron chi connectivity index (χ2n) is 7.33. The smallest absolute Gasteiger partial charge is 0.279 e. The number of aryl methyl sites for hydroxylation is 1. The van der Waals surface area contributed by atoms with Gasteiger partial charge in [0, 0.05) is 17.8 Å². The largest absolute Gasteiger partial charge is 0.495 e. The molecule has 4 rings (SSSR count). The summed E-state index contributed by atoms with van der Waals surface area (Å²) in [6.07, 6.45) is 0. The van der Waals surface area contributed by atoms with Gasteiger partial charge in [-0.25, -0.2) is 12.8 Å². The van der Waals surface area contributed by atoms with E-state index in [1.54, 1.807) is 38.5 Å². The van der Waals surface area contributed by atoms with Crippen molar-refractivity contribution in [2.45, 2.75) is 18.4 Å². The van der Waals surface area contributed by atoms with Crippen molar-refractivity contribution in [3.8, 4) is 11.5 Å². The molecule has 3 aromatic carbocycles. The lowest BCUT2D eigenvalue weighted by Gasteiger charge is -2.09. The Bertz CT molecular complexity index is 1580. The molecule has 0 saturated heterocycles. The second-order valence-corrected chi connectivity index (χ2v) is 9.99. The number of fused-ring (bicyclic) bond motifs is 1. The zero-order valence-electron chi connectivity index (χ0n) is 19.1. The lowest BCUT2D eigenvalue weighted by molar-refractivity contribution is 0.0998. The molecule has 1 amide bonds. The zero-order chi connectivity index (χ0) is 25.2. The van der Waals surface area contributed by atoms with Crippen molar-refractivity contribution in [1.82, 2.24) is 4.57 Å². The van der Waals surface area contributed by atoms with Crippen LogP contribution >= 0.6 is 11.3 Å². The van der Waals surface area contributed by atoms with Crippen LogP contribution in [0.25, 0.3) is 10.2 Å². The molecule has 0 fully saturated rings. The van der Waals surface area contributed by atoms with Gasteiger partial charge < -0.3 is 14.0 Å². The molecule has 0 saturated carbocycles. The molecule has 0 bridgehead atoms. The summed E-state index contributed by atoms with van der Waals surface area (Å²) in [6, 6.07) is 14.0. The van der Waals surface area contributed by atoms with Crippen LogP contribution in [0, 0.1) is 5.82 Å². The molecule has 0 radical (unpaired) electrons. The molecular formula is C24H22FN3O5S2. The average Bonchev–Trinajstić information content (AvgIpc) is 3.21. The number of methoxy groups -OCH3 is 2. The number of thiazole rings is 1. The molecule has 0 aliphatic carbocycles. The first kappa shape index (κ1) is 24.4. The van der Waals surface area contributed by atoms with Crippen LogP contribution in [-0.2, 0) is 16.6 Å². The highest BCUT2D eigenvalue weighted by atomic mass is 32.2. The molecule has 0 aliphatic rings. The van der Waals surface area contributed by atoms with Crippen molar-refractivity contribution in [3.05, 3.63) is 76.8 Å². The Hall–Kier alpha value is -3.70. The minimum atomic E-state index is -3.96. The number of anilines is 1. The Balaban J connectivity index is 1.71. The number of rotatable bonds is 7. The first-order chi connectivity index (χ1) is 16.8. The maximum Gasteiger partial charge on any atom is 0.279 e. The molecule has 0 spiro atoms. The fourth-order valence-corrected chi connectivity index (χ4v) is 5.78. The number of halogens is 1. The Kier molecular flexibility index (Phi) is 6.90. The van der Waals surface area contributed by atoms with Gasteiger partial charge >= 0.3 is 0 Å². The number of aromatic nitrogens is 1. The minimum absolute atomic E-state index is 0.0996. The number of carbonyl (C=O) groups excluding carboxylic acids is 1. The SMILES string of the molecule is CCn1c(=NC(=O)c2cccc(NS(=O)(=O)c3ccc(F)cc3)c2)sc2c(OC)ccc(OC)c21. The fourth-order valence-electron chi connectivity index (χ4n) is 3.53. The molecule has 0 atom stereocenters. The summed E-state index contributed by atoms with van der Waals surface area (Å²) in [5.74, 6) is 0.183. The molecule has 1 N–H and O–H groups in total. The van der Waals surface area contributed by atoms with E-state index in [0.717, 1.165) is 34.5 Å². The van der Waals surface area contributed by atoms with Gasteiger partial charge in [-0.2, -0.15) is 4.99 Å². The summed E-state index contributed by atoms with van der Waals surface area (Å²) < 4.78 is 54.4. The third kappa shape index (κ3) is 4.91. The Morgan fingerprint density at radius 3 is 2.40 bits per heavy atom. The highest BCUT2D eigenvalue weighted by Crippen LogP contribution is 2.35. The summed E-state index contributed by atoms with van der Waals surface area (Å²) in [5, 5.41) is 0. The molecule has 182 valence electrons. The number of carbonyl (C=O) groups is 1. The molecule has 11 heteroatoms. The topological polar surface area (TPSA) is 99.0 Å². The molecule has 0 aliphatic heterocycles. The van der Waals surface area contributed by atoms with Crippen molar-refractivity contribution < 1.29 is 27.1 Å². The van der Waals surface area contributed by atoms with Crippen LogP contribution < -0.4 is 19.0 Å². The first-order valence-corrected chi connectivity index (χ1v) is 12.8. The quantitative estimate of drug-likeness (QED) is 0.393. The lowest BCUT2D eigenvalue weighted by atomic mass is 10.2. The Labute approximate surface area is 205 Å². The highest BCUT2D eigenvalue weighted by molar-refractivity contribution is 7.92. The van der Waals surface area contributed by atoms with Crippen molar-refractivity contribution in [2.24, 2.45) is 4.99 Å². The average molecular weight is 516 g/mol. The van der Waals surface area contributed by atoms with Crippen LogP contribution in [0.2, 0.25) is 0 Å². The van der Waals surface area contributed by atoms with E-state index < -0.39 is 21.7 Å². The summed E-state index contributed by atoms with van der Waals surface area (Å²) in [4.78, 5) is 17.7. The van der Waals surface area contributed by atoms with Crippen LogP contribution in [-0.4, -0.2) is 33.1 Å². The van der Waals surface area contributed by atoms with Crippen LogP contribution in [0.3, 0.4) is 0 Å². The highest BCUT2D eigenvalue weighted by Gasteiger charge is 2.17. The fraction of sp³-hybridized carbons (Fsp3) is 0.167. The summed E-state index contributed by atoms with van der Waals surface area (Å²) in [5.41, 5.74) is 1.15. The summed E-state index contributed by atoms with van der Waals surface area (Å²) in [7, 11) is -0.827. The van der Waals surface area contributed by atoms with E-state index in [1.807, 2.05) is 11.5 Å². The molecular weight excluding hydrogens is 493 g/mol. The number of hydrogen-bond acceptors (Lipinski definition) is 6. The number of ether oxygens (including phenoxy) is 2. The number of hydrogen-bond donors (Lipinski definition) is 1. The summed E-state index contributed by atoms with van der Waals surface area (Å²) >= 11 is 1.29. The first-order valence-electron chi connectivity index (χ1n) is 10.5. The van der Waals surface area contributed by atoms with Gasteiger partial charge in [0.05, 0.1) is 19.1 Å². The molecule has 1 aromatic heterocycles. The molecule has 0 unspecified atom stereocenters. The van der Waals surface area contributed by atoms with Crippen LogP contribution in [0.15, 0.2) is 70.6 Å². The van der Waals surface area contributed by atoms with Gasteiger partial charge in [-0.3, -0.25) is 9.52 Å². The molecule has 8 nitrogen and oxygen atoms in total. The number of benzene rings is 3. The standard InChI is InChI=1S/C24H22FN3O5S2/c1-4-28-21-19(32-2)12-13-20(33-3)22(21)34-24(28)26-23(29)15-6-5-7-17(14-15)27-35(30,31)18-10-8-16(25)9-11-18/h5-14,27H,4H2,1-3H3. The third-order valence-electron chi connectivity index (χ3n) is 5.19. The van der Waals surface area contributed by atoms with E-state index in [1.165, 1.54) is 23.5 Å². The van der Waals surface area contributed by atoms with E-state index in [0.29, 0.717) is 22.8 Å². The van der Waals surface area contributed by atoms with E-state index in [2.05, 4.69) is 9.71 Å². The molecule has 35 heavy (non-hydrogen) atoms. The Morgan fingerprint density at radius 2 is 1.74 bits per heavy atom. The van der Waals surface area contributed by atoms with Crippen molar-refractivity contribution >= 4 is 43.2 Å². The van der Waals surface area contributed by atoms with Gasteiger partial charge in [0.25, 0.3) is 15.9 Å². The monoisotopic (exact) mass is 515 g/mol. The van der Waals surface area contributed by atoms with Crippen LogP contribution in [0.1, 0.15) is 17.3 Å². The van der Waals surface area contributed by atoms with Crippen molar-refractivity contribution in [1.29, 1.82) is 0 Å². The predicted octanol–water partition coefficient (Wildman–Crippen LogP) is 4.42. The number of sulfonamides is 1. The zero-order valence-corrected chi connectivity index (χ0v) is 20.7. The van der Waals surface area contributed by atoms with Gasteiger partial charge in [0.1, 0.15) is 27.5 Å². The van der Waals surface area contributed by atoms with E-state index >= 15 is 0 Å². The Morgan fingerprint density at radius 1 is 1.06 bits per heavy atom. The van der Waals surface area contributed by atoms with Gasteiger partial charge in [-0.05, 0) is 61.5 Å². The normalized spacial score (nSPS) is 12.1. The van der Waals surface area contributed by atoms with Crippen molar-refractivity contribution in [2.75, 3.05) is 18.9 Å². The van der Waals surface area contributed by atoms with Gasteiger partial charge in [0.15, 0.2) is 4.80 Å². The maximum absolute atomic E-state index is 13.2. The van der Waals surface area contributed by atoms with Gasteiger partial charge in [-0.15, -0.1) is 0 Å². The third-order valence-corrected chi connectivity index (χ3v) is 7.68. The van der Waals surface area contributed by atoms with Crippen LogP contribution in [0.5, 0.6) is 11.5 Å². The second kappa shape index (κ2) is 9.88. The number of nitrogens with zero attached hydrogens (tertiary/aromatic N) is 2. The van der Waals surface area contributed by atoms with E-state index in [-0.39, 0.29) is 16.1 Å². The van der Waals surface area contributed by atoms with E-state index in [9.17, 15) is 17.6 Å². The molecule has 1 heterocycles. The minimum Gasteiger partial charge on any atom is -0.495 e. The number of nitrogens with one attached hydrogen (secondary N) is 1. The predicted molar refractivity (Wildman–Crippen MR) is 132 cm³/mol. The van der Waals surface area contributed by atoms with Crippen LogP contribution in [0.4, 0.5) is 10.1 Å². The molecule has 4 aromatic rings. The van der Waals surface area contributed by atoms with Crippen molar-refractivity contribution in [3.63, 3.8) is 0 Å². The number of amides is 1. The summed E-state index contributed by atoms with van der Waals surface area (Å²) in [6.45, 7) is 2.46. The van der Waals surface area contributed by atoms with Gasteiger partial charge in [0.2, 0.25) is 0 Å². The van der Waals surface area contributed by atoms with E-state index in [4.69, 9.17) is 9.47 Å².